The number of nitrogens with zero attached hydrogens (tertiary/aromatic N) is 1. The zero-order valence-corrected chi connectivity index (χ0v) is 11.5. The van der Waals surface area contributed by atoms with Gasteiger partial charge in [0.25, 0.3) is 0 Å². The Morgan fingerprint density at radius 3 is 2.72 bits per heavy atom. The highest BCUT2D eigenvalue weighted by Crippen LogP contribution is 2.46. The molecule has 0 amide bonds. The number of hydrogen-bond acceptors (Lipinski definition) is 4. The topological polar surface area (TPSA) is 52.3 Å². The second kappa shape index (κ2) is 5.12. The molecule has 0 bridgehead atoms. The van der Waals surface area contributed by atoms with Crippen molar-refractivity contribution in [3.8, 4) is 0 Å². The van der Waals surface area contributed by atoms with Gasteiger partial charge in [-0.05, 0) is 31.6 Å². The van der Waals surface area contributed by atoms with Crippen molar-refractivity contribution in [3.63, 3.8) is 0 Å². The standard InChI is InChI=1S/C14H21NO3/c1-5-17-14(16)12-11(6-8(2)3)15-13(18-12)10-7-9(10)4/h8-10H,5-7H2,1-4H3. The predicted molar refractivity (Wildman–Crippen MR) is 67.5 cm³/mol. The average Bonchev–Trinajstić information content (AvgIpc) is 2.87. The van der Waals surface area contributed by atoms with Gasteiger partial charge in [0.05, 0.1) is 12.3 Å². The van der Waals surface area contributed by atoms with Crippen LogP contribution in [0, 0.1) is 11.8 Å². The lowest BCUT2D eigenvalue weighted by Gasteiger charge is -2.02. The molecule has 100 valence electrons. The molecule has 18 heavy (non-hydrogen) atoms. The maximum absolute atomic E-state index is 11.8. The highest BCUT2D eigenvalue weighted by Gasteiger charge is 2.39. The highest BCUT2D eigenvalue weighted by molar-refractivity contribution is 5.87. The first-order chi connectivity index (χ1) is 8.52. The molecule has 2 rings (SSSR count). The number of hydrogen-bond donors (Lipinski definition) is 0. The first kappa shape index (κ1) is 13.1. The fourth-order valence-electron chi connectivity index (χ4n) is 2.08. The summed E-state index contributed by atoms with van der Waals surface area (Å²) in [5, 5.41) is 0. The summed E-state index contributed by atoms with van der Waals surface area (Å²) < 4.78 is 10.7. The van der Waals surface area contributed by atoms with E-state index in [4.69, 9.17) is 9.15 Å². The summed E-state index contributed by atoms with van der Waals surface area (Å²) >= 11 is 0. The molecule has 0 N–H and O–H groups in total. The van der Waals surface area contributed by atoms with Crippen molar-refractivity contribution in [2.45, 2.75) is 46.5 Å². The second-order valence-electron chi connectivity index (χ2n) is 5.47. The van der Waals surface area contributed by atoms with E-state index in [9.17, 15) is 4.79 Å². The Balaban J connectivity index is 2.23. The van der Waals surface area contributed by atoms with Crippen LogP contribution in [0.1, 0.15) is 62.2 Å². The molecule has 0 spiro atoms. The molecule has 0 aliphatic heterocycles. The molecule has 0 aromatic carbocycles. The number of rotatable bonds is 5. The Labute approximate surface area is 108 Å². The van der Waals surface area contributed by atoms with Gasteiger partial charge in [0, 0.05) is 5.92 Å². The van der Waals surface area contributed by atoms with Crippen LogP contribution in [0.4, 0.5) is 0 Å². The molecule has 1 aromatic heterocycles. The van der Waals surface area contributed by atoms with Gasteiger partial charge >= 0.3 is 5.97 Å². The van der Waals surface area contributed by atoms with Crippen LogP contribution in [0.2, 0.25) is 0 Å². The summed E-state index contributed by atoms with van der Waals surface area (Å²) in [5.74, 6) is 2.07. The van der Waals surface area contributed by atoms with Gasteiger partial charge in [-0.3, -0.25) is 0 Å². The van der Waals surface area contributed by atoms with Crippen LogP contribution in [0.5, 0.6) is 0 Å². The molecule has 1 saturated carbocycles. The number of aromatic nitrogens is 1. The van der Waals surface area contributed by atoms with Crippen molar-refractivity contribution in [2.24, 2.45) is 11.8 Å². The summed E-state index contributed by atoms with van der Waals surface area (Å²) in [7, 11) is 0. The SMILES string of the molecule is CCOC(=O)c1oc(C2CC2C)nc1CC(C)C. The van der Waals surface area contributed by atoms with Crippen molar-refractivity contribution in [2.75, 3.05) is 6.61 Å². The van der Waals surface area contributed by atoms with E-state index in [1.165, 1.54) is 0 Å². The van der Waals surface area contributed by atoms with Crippen LogP contribution in [0.15, 0.2) is 4.42 Å². The second-order valence-corrected chi connectivity index (χ2v) is 5.47. The van der Waals surface area contributed by atoms with Crippen LogP contribution in [-0.4, -0.2) is 17.6 Å². The van der Waals surface area contributed by atoms with E-state index in [2.05, 4.69) is 25.8 Å². The monoisotopic (exact) mass is 251 g/mol. The van der Waals surface area contributed by atoms with Crippen LogP contribution < -0.4 is 0 Å². The molecule has 2 unspecified atom stereocenters. The van der Waals surface area contributed by atoms with E-state index >= 15 is 0 Å². The van der Waals surface area contributed by atoms with E-state index < -0.39 is 0 Å². The van der Waals surface area contributed by atoms with Gasteiger partial charge in [-0.15, -0.1) is 0 Å². The number of carbonyl (C=O) groups is 1. The Kier molecular flexibility index (Phi) is 3.73. The molecule has 1 aliphatic carbocycles. The molecular weight excluding hydrogens is 230 g/mol. The van der Waals surface area contributed by atoms with Gasteiger partial charge in [-0.25, -0.2) is 9.78 Å². The van der Waals surface area contributed by atoms with E-state index in [-0.39, 0.29) is 5.97 Å². The lowest BCUT2D eigenvalue weighted by atomic mass is 10.1. The van der Waals surface area contributed by atoms with E-state index in [0.717, 1.165) is 18.5 Å². The van der Waals surface area contributed by atoms with Crippen LogP contribution >= 0.6 is 0 Å². The normalized spacial score (nSPS) is 22.3. The van der Waals surface area contributed by atoms with Gasteiger partial charge < -0.3 is 9.15 Å². The van der Waals surface area contributed by atoms with E-state index in [1.54, 1.807) is 6.92 Å². The molecule has 1 heterocycles. The summed E-state index contributed by atoms with van der Waals surface area (Å²) in [6.45, 7) is 8.52. The lowest BCUT2D eigenvalue weighted by molar-refractivity contribution is 0.0486. The minimum absolute atomic E-state index is 0.305. The third kappa shape index (κ3) is 2.74. The molecular formula is C14H21NO3. The largest absolute Gasteiger partial charge is 0.460 e. The molecule has 0 radical (unpaired) electrons. The smallest absolute Gasteiger partial charge is 0.376 e. The third-order valence-electron chi connectivity index (χ3n) is 3.20. The minimum Gasteiger partial charge on any atom is -0.460 e. The van der Waals surface area contributed by atoms with Gasteiger partial charge in [-0.2, -0.15) is 0 Å². The number of ether oxygens (including phenoxy) is 1. The predicted octanol–water partition coefficient (Wildman–Crippen LogP) is 3.17. The number of esters is 1. The third-order valence-corrected chi connectivity index (χ3v) is 3.20. The zero-order chi connectivity index (χ0) is 13.3. The van der Waals surface area contributed by atoms with Gasteiger partial charge in [0.2, 0.25) is 5.76 Å². The summed E-state index contributed by atoms with van der Waals surface area (Å²) in [5.41, 5.74) is 0.748. The van der Waals surface area contributed by atoms with Crippen LogP contribution in [-0.2, 0) is 11.2 Å². The van der Waals surface area contributed by atoms with Gasteiger partial charge in [-0.1, -0.05) is 20.8 Å². The quantitative estimate of drug-likeness (QED) is 0.754. The van der Waals surface area contributed by atoms with E-state index in [0.29, 0.717) is 36.0 Å². The molecule has 4 nitrogen and oxygen atoms in total. The average molecular weight is 251 g/mol. The molecule has 2 atom stereocenters. The fraction of sp³-hybridized carbons (Fsp3) is 0.714. The Morgan fingerprint density at radius 1 is 1.56 bits per heavy atom. The van der Waals surface area contributed by atoms with Gasteiger partial charge in [0.1, 0.15) is 0 Å². The van der Waals surface area contributed by atoms with Crippen LogP contribution in [0.3, 0.4) is 0 Å². The van der Waals surface area contributed by atoms with Crippen molar-refractivity contribution < 1.29 is 13.9 Å². The van der Waals surface area contributed by atoms with Crippen molar-refractivity contribution in [1.29, 1.82) is 0 Å². The van der Waals surface area contributed by atoms with Crippen molar-refractivity contribution in [3.05, 3.63) is 17.3 Å². The van der Waals surface area contributed by atoms with Crippen LogP contribution in [0.25, 0.3) is 0 Å². The number of carbonyl (C=O) groups excluding carboxylic acids is 1. The molecule has 1 aromatic rings. The van der Waals surface area contributed by atoms with Crippen molar-refractivity contribution in [1.82, 2.24) is 4.98 Å². The fourth-order valence-corrected chi connectivity index (χ4v) is 2.08. The van der Waals surface area contributed by atoms with Crippen molar-refractivity contribution >= 4 is 5.97 Å². The number of oxazole rings is 1. The first-order valence-electron chi connectivity index (χ1n) is 6.69. The van der Waals surface area contributed by atoms with E-state index in [1.807, 2.05) is 0 Å². The lowest BCUT2D eigenvalue weighted by Crippen LogP contribution is -2.08. The Morgan fingerprint density at radius 2 is 2.22 bits per heavy atom. The summed E-state index contributed by atoms with van der Waals surface area (Å²) in [6.07, 6.45) is 1.85. The molecule has 1 aliphatic rings. The Bertz CT molecular complexity index is 436. The minimum atomic E-state index is -0.389. The Hall–Kier alpha value is -1.32. The molecule has 1 fully saturated rings. The zero-order valence-electron chi connectivity index (χ0n) is 11.5. The maximum atomic E-state index is 11.8. The first-order valence-corrected chi connectivity index (χ1v) is 6.69. The maximum Gasteiger partial charge on any atom is 0.376 e. The molecule has 4 heteroatoms. The molecule has 0 saturated heterocycles. The van der Waals surface area contributed by atoms with Gasteiger partial charge in [0.15, 0.2) is 5.89 Å². The summed E-state index contributed by atoms with van der Waals surface area (Å²) in [6, 6.07) is 0. The summed E-state index contributed by atoms with van der Waals surface area (Å²) in [4.78, 5) is 16.3. The highest BCUT2D eigenvalue weighted by atomic mass is 16.5.